The Morgan fingerprint density at radius 2 is 2.00 bits per heavy atom. The van der Waals surface area contributed by atoms with Crippen molar-refractivity contribution in [3.8, 4) is 0 Å². The van der Waals surface area contributed by atoms with E-state index in [0.29, 0.717) is 5.54 Å². The second kappa shape index (κ2) is 6.38. The van der Waals surface area contributed by atoms with Crippen LogP contribution in [0.25, 0.3) is 0 Å². The summed E-state index contributed by atoms with van der Waals surface area (Å²) < 4.78 is 0. The first-order valence-corrected chi connectivity index (χ1v) is 7.49. The van der Waals surface area contributed by atoms with Gasteiger partial charge >= 0.3 is 0 Å². The molecule has 1 aliphatic rings. The van der Waals surface area contributed by atoms with Gasteiger partial charge in [-0.3, -0.25) is 0 Å². The Labute approximate surface area is 112 Å². The molecule has 0 saturated carbocycles. The first kappa shape index (κ1) is 13.6. The van der Waals surface area contributed by atoms with E-state index in [-0.39, 0.29) is 0 Å². The lowest BCUT2D eigenvalue weighted by atomic mass is 9.83. The Morgan fingerprint density at radius 3 is 2.61 bits per heavy atom. The van der Waals surface area contributed by atoms with Crippen LogP contribution in [-0.4, -0.2) is 12.1 Å². The Morgan fingerprint density at radius 1 is 1.22 bits per heavy atom. The van der Waals surface area contributed by atoms with Crippen LogP contribution >= 0.6 is 0 Å². The van der Waals surface area contributed by atoms with E-state index in [1.165, 1.54) is 50.6 Å². The Kier molecular flexibility index (Phi) is 4.82. The summed E-state index contributed by atoms with van der Waals surface area (Å²) in [7, 11) is 0. The molecule has 1 heteroatoms. The molecule has 1 atom stereocenters. The van der Waals surface area contributed by atoms with Crippen LogP contribution in [0.4, 0.5) is 0 Å². The molecule has 1 aromatic carbocycles. The van der Waals surface area contributed by atoms with Gasteiger partial charge in [0, 0.05) is 5.54 Å². The first-order chi connectivity index (χ1) is 8.70. The number of hydrogen-bond donors (Lipinski definition) is 1. The molecule has 1 nitrogen and oxygen atoms in total. The summed E-state index contributed by atoms with van der Waals surface area (Å²) in [4.78, 5) is 0. The van der Waals surface area contributed by atoms with Crippen LogP contribution in [0.3, 0.4) is 0 Å². The molecule has 0 amide bonds. The fraction of sp³-hybridized carbons (Fsp3) is 0.647. The molecular formula is C17H27N. The van der Waals surface area contributed by atoms with Gasteiger partial charge in [-0.15, -0.1) is 0 Å². The summed E-state index contributed by atoms with van der Waals surface area (Å²) in [5.74, 6) is 0.798. The minimum atomic E-state index is 0.447. The third kappa shape index (κ3) is 3.84. The predicted octanol–water partition coefficient (Wildman–Crippen LogP) is 4.18. The number of benzene rings is 1. The van der Waals surface area contributed by atoms with E-state index in [1.54, 1.807) is 0 Å². The Bertz CT molecular complexity index is 336. The van der Waals surface area contributed by atoms with Gasteiger partial charge in [-0.2, -0.15) is 0 Å². The van der Waals surface area contributed by atoms with E-state index in [1.807, 2.05) is 0 Å². The summed E-state index contributed by atoms with van der Waals surface area (Å²) in [5, 5.41) is 3.79. The van der Waals surface area contributed by atoms with E-state index in [0.717, 1.165) is 5.92 Å². The molecule has 1 N–H and O–H groups in total. The van der Waals surface area contributed by atoms with Crippen molar-refractivity contribution in [1.82, 2.24) is 5.32 Å². The summed E-state index contributed by atoms with van der Waals surface area (Å²) in [6, 6.07) is 10.9. The molecule has 1 heterocycles. The third-order valence-electron chi connectivity index (χ3n) is 4.09. The van der Waals surface area contributed by atoms with Crippen LogP contribution in [0.15, 0.2) is 30.3 Å². The van der Waals surface area contributed by atoms with Gasteiger partial charge in [-0.25, -0.2) is 0 Å². The monoisotopic (exact) mass is 245 g/mol. The molecule has 1 saturated heterocycles. The highest BCUT2D eigenvalue weighted by Crippen LogP contribution is 2.31. The van der Waals surface area contributed by atoms with Crippen LogP contribution in [0.1, 0.15) is 51.5 Å². The molecule has 1 fully saturated rings. The third-order valence-corrected chi connectivity index (χ3v) is 4.09. The van der Waals surface area contributed by atoms with Crippen molar-refractivity contribution in [1.29, 1.82) is 0 Å². The van der Waals surface area contributed by atoms with Gasteiger partial charge in [0.1, 0.15) is 0 Å². The highest BCUT2D eigenvalue weighted by molar-refractivity contribution is 5.14. The highest BCUT2D eigenvalue weighted by Gasteiger charge is 2.33. The Balaban J connectivity index is 1.83. The van der Waals surface area contributed by atoms with Crippen molar-refractivity contribution in [3.63, 3.8) is 0 Å². The van der Waals surface area contributed by atoms with Gasteiger partial charge in [0.25, 0.3) is 0 Å². The minimum Gasteiger partial charge on any atom is -0.311 e. The number of rotatable bonds is 6. The summed E-state index contributed by atoms with van der Waals surface area (Å²) in [5.41, 5.74) is 1.93. The molecule has 0 spiro atoms. The summed E-state index contributed by atoms with van der Waals surface area (Å²) >= 11 is 0. The van der Waals surface area contributed by atoms with Gasteiger partial charge in [0.05, 0.1) is 0 Å². The smallest absolute Gasteiger partial charge is 0.0184 e. The topological polar surface area (TPSA) is 12.0 Å². The molecule has 2 rings (SSSR count). The quantitative estimate of drug-likeness (QED) is 0.793. The van der Waals surface area contributed by atoms with E-state index in [9.17, 15) is 0 Å². The van der Waals surface area contributed by atoms with E-state index < -0.39 is 0 Å². The van der Waals surface area contributed by atoms with Crippen LogP contribution in [-0.2, 0) is 6.42 Å². The fourth-order valence-electron chi connectivity index (χ4n) is 3.42. The highest BCUT2D eigenvalue weighted by atomic mass is 15.0. The van der Waals surface area contributed by atoms with Gasteiger partial charge in [0.15, 0.2) is 0 Å². The second-order valence-electron chi connectivity index (χ2n) is 6.25. The zero-order chi connectivity index (χ0) is 12.8. The Hall–Kier alpha value is -0.820. The molecule has 1 unspecified atom stereocenters. The molecule has 0 bridgehead atoms. The van der Waals surface area contributed by atoms with E-state index in [4.69, 9.17) is 0 Å². The van der Waals surface area contributed by atoms with Gasteiger partial charge in [-0.05, 0) is 56.6 Å². The fourth-order valence-corrected chi connectivity index (χ4v) is 3.42. The molecule has 1 aliphatic heterocycles. The average molecular weight is 245 g/mol. The van der Waals surface area contributed by atoms with Crippen molar-refractivity contribution in [3.05, 3.63) is 35.9 Å². The maximum Gasteiger partial charge on any atom is 0.0184 e. The molecule has 0 radical (unpaired) electrons. The van der Waals surface area contributed by atoms with Gasteiger partial charge < -0.3 is 5.32 Å². The van der Waals surface area contributed by atoms with Crippen LogP contribution in [0.2, 0.25) is 0 Å². The molecule has 100 valence electrons. The van der Waals surface area contributed by atoms with Crippen molar-refractivity contribution >= 4 is 0 Å². The number of aryl methyl sites for hydroxylation is 1. The lowest BCUT2D eigenvalue weighted by Gasteiger charge is -2.31. The average Bonchev–Trinajstić information content (AvgIpc) is 2.78. The maximum atomic E-state index is 3.79. The van der Waals surface area contributed by atoms with Crippen molar-refractivity contribution in [2.45, 2.75) is 57.9 Å². The first-order valence-electron chi connectivity index (χ1n) is 7.49. The lowest BCUT2D eigenvalue weighted by Crippen LogP contribution is -2.41. The SMILES string of the molecule is CC(C)CC1(CCCc2ccccc2)CCCN1. The maximum absolute atomic E-state index is 3.79. The molecule has 0 aromatic heterocycles. The zero-order valence-electron chi connectivity index (χ0n) is 11.9. The molecule has 18 heavy (non-hydrogen) atoms. The van der Waals surface area contributed by atoms with Gasteiger partial charge in [0.2, 0.25) is 0 Å². The van der Waals surface area contributed by atoms with Crippen LogP contribution in [0.5, 0.6) is 0 Å². The minimum absolute atomic E-state index is 0.447. The van der Waals surface area contributed by atoms with Crippen LogP contribution < -0.4 is 5.32 Å². The normalized spacial score (nSPS) is 23.7. The standard InChI is InChI=1S/C17H27N/c1-15(2)14-17(12-7-13-18-17)11-6-10-16-8-4-3-5-9-16/h3-5,8-9,15,18H,6-7,10-14H2,1-2H3. The lowest BCUT2D eigenvalue weighted by molar-refractivity contribution is 0.278. The van der Waals surface area contributed by atoms with E-state index >= 15 is 0 Å². The van der Waals surface area contributed by atoms with Crippen molar-refractivity contribution in [2.75, 3.05) is 6.54 Å². The molecule has 1 aromatic rings. The summed E-state index contributed by atoms with van der Waals surface area (Å²) in [6.45, 7) is 5.91. The van der Waals surface area contributed by atoms with Crippen molar-refractivity contribution in [2.24, 2.45) is 5.92 Å². The van der Waals surface area contributed by atoms with Gasteiger partial charge in [-0.1, -0.05) is 44.2 Å². The summed E-state index contributed by atoms with van der Waals surface area (Å²) in [6.07, 6.45) is 7.94. The number of hydrogen-bond acceptors (Lipinski definition) is 1. The molecule has 0 aliphatic carbocycles. The largest absolute Gasteiger partial charge is 0.311 e. The van der Waals surface area contributed by atoms with E-state index in [2.05, 4.69) is 49.5 Å². The predicted molar refractivity (Wildman–Crippen MR) is 78.8 cm³/mol. The number of nitrogens with one attached hydrogen (secondary N) is 1. The van der Waals surface area contributed by atoms with Crippen molar-refractivity contribution < 1.29 is 0 Å². The second-order valence-corrected chi connectivity index (χ2v) is 6.25. The van der Waals surface area contributed by atoms with Crippen LogP contribution in [0, 0.1) is 5.92 Å². The molecular weight excluding hydrogens is 218 g/mol. The zero-order valence-corrected chi connectivity index (χ0v) is 11.9.